The van der Waals surface area contributed by atoms with Crippen LogP contribution < -0.4 is 4.74 Å². The number of halogens is 1. The lowest BCUT2D eigenvalue weighted by atomic mass is 10.0. The molecule has 0 aliphatic carbocycles. The van der Waals surface area contributed by atoms with Gasteiger partial charge in [-0.15, -0.1) is 0 Å². The van der Waals surface area contributed by atoms with E-state index in [1.54, 1.807) is 0 Å². The van der Waals surface area contributed by atoms with E-state index in [9.17, 15) is 0 Å². The van der Waals surface area contributed by atoms with Crippen molar-refractivity contribution in [1.82, 2.24) is 4.90 Å². The molecular weight excluding hydrogens is 294 g/mol. The van der Waals surface area contributed by atoms with Crippen LogP contribution in [0.3, 0.4) is 0 Å². The number of hydrogen-bond acceptors (Lipinski definition) is 2. The lowest BCUT2D eigenvalue weighted by Gasteiger charge is -2.19. The zero-order valence-electron chi connectivity index (χ0n) is 13.4. The molecule has 0 aliphatic rings. The van der Waals surface area contributed by atoms with Crippen LogP contribution >= 0.6 is 11.6 Å². The Morgan fingerprint density at radius 2 is 1.73 bits per heavy atom. The topological polar surface area (TPSA) is 12.5 Å². The fourth-order valence-electron chi connectivity index (χ4n) is 2.47. The third-order valence-electron chi connectivity index (χ3n) is 3.82. The van der Waals surface area contributed by atoms with E-state index in [2.05, 4.69) is 43.0 Å². The summed E-state index contributed by atoms with van der Waals surface area (Å²) in [5, 5.41) is 0.752. The fraction of sp³-hybridized carbons (Fsp3) is 0.368. The Balaban J connectivity index is 2.04. The molecule has 3 heteroatoms. The molecule has 0 unspecified atom stereocenters. The molecule has 0 saturated carbocycles. The van der Waals surface area contributed by atoms with E-state index in [1.807, 2.05) is 24.3 Å². The molecule has 2 rings (SSSR count). The fourth-order valence-corrected chi connectivity index (χ4v) is 2.66. The number of nitrogens with zero attached hydrogens (tertiary/aromatic N) is 1. The zero-order chi connectivity index (χ0) is 15.8. The van der Waals surface area contributed by atoms with Gasteiger partial charge in [0.25, 0.3) is 0 Å². The van der Waals surface area contributed by atoms with E-state index in [0.717, 1.165) is 42.4 Å². The first-order valence-electron chi connectivity index (χ1n) is 7.90. The molecule has 0 fully saturated rings. The minimum absolute atomic E-state index is 0.700. The van der Waals surface area contributed by atoms with Gasteiger partial charge < -0.3 is 9.64 Å². The molecule has 22 heavy (non-hydrogen) atoms. The van der Waals surface area contributed by atoms with Gasteiger partial charge in [0.05, 0.1) is 0 Å². The number of rotatable bonds is 8. The summed E-state index contributed by atoms with van der Waals surface area (Å²) in [6.07, 6.45) is 0.835. The van der Waals surface area contributed by atoms with Gasteiger partial charge in [0.2, 0.25) is 0 Å². The Hall–Kier alpha value is -1.51. The third kappa shape index (κ3) is 5.04. The average molecular weight is 318 g/mol. The molecule has 0 aromatic heterocycles. The highest BCUT2D eigenvalue weighted by atomic mass is 35.5. The van der Waals surface area contributed by atoms with Crippen molar-refractivity contribution >= 4 is 11.6 Å². The molecule has 0 amide bonds. The predicted molar refractivity (Wildman–Crippen MR) is 94.0 cm³/mol. The Morgan fingerprint density at radius 1 is 1.00 bits per heavy atom. The van der Waals surface area contributed by atoms with Crippen LogP contribution in [0.2, 0.25) is 5.02 Å². The molecule has 118 valence electrons. The lowest BCUT2D eigenvalue weighted by Crippen LogP contribution is -2.28. The summed E-state index contributed by atoms with van der Waals surface area (Å²) < 4.78 is 6.00. The molecule has 0 bridgehead atoms. The highest BCUT2D eigenvalue weighted by Crippen LogP contribution is 2.25. The largest absolute Gasteiger partial charge is 0.492 e. The standard InChI is InChI=1S/C19H24ClNO/c1-3-21(4-2)12-13-22-19-11-10-18(20)15-17(19)14-16-8-6-5-7-9-16/h5-11,15H,3-4,12-14H2,1-2H3. The Morgan fingerprint density at radius 3 is 2.41 bits per heavy atom. The Bertz CT molecular complexity index is 567. The van der Waals surface area contributed by atoms with E-state index >= 15 is 0 Å². The summed E-state index contributed by atoms with van der Waals surface area (Å²) in [5.74, 6) is 0.931. The van der Waals surface area contributed by atoms with Crippen LogP contribution in [0.15, 0.2) is 48.5 Å². The molecule has 2 nitrogen and oxygen atoms in total. The van der Waals surface area contributed by atoms with Crippen LogP contribution in [-0.4, -0.2) is 31.1 Å². The van der Waals surface area contributed by atoms with Gasteiger partial charge in [-0.05, 0) is 42.4 Å². The maximum atomic E-state index is 6.15. The van der Waals surface area contributed by atoms with Crippen LogP contribution in [0, 0.1) is 0 Å². The molecule has 0 heterocycles. The van der Waals surface area contributed by atoms with Crippen LogP contribution in [0.4, 0.5) is 0 Å². The first kappa shape index (κ1) is 16.9. The second kappa shape index (κ2) is 8.82. The minimum atomic E-state index is 0.700. The highest BCUT2D eigenvalue weighted by Gasteiger charge is 2.07. The zero-order valence-corrected chi connectivity index (χ0v) is 14.1. The molecule has 0 saturated heterocycles. The lowest BCUT2D eigenvalue weighted by molar-refractivity contribution is 0.222. The maximum absolute atomic E-state index is 6.15. The number of ether oxygens (including phenoxy) is 1. The second-order valence-corrected chi connectivity index (χ2v) is 5.73. The van der Waals surface area contributed by atoms with Crippen molar-refractivity contribution in [2.75, 3.05) is 26.2 Å². The van der Waals surface area contributed by atoms with E-state index in [0.29, 0.717) is 6.61 Å². The van der Waals surface area contributed by atoms with Gasteiger partial charge in [-0.2, -0.15) is 0 Å². The average Bonchev–Trinajstić information content (AvgIpc) is 2.54. The number of likely N-dealkylation sites (N-methyl/N-ethyl adjacent to an activating group) is 1. The van der Waals surface area contributed by atoms with E-state index < -0.39 is 0 Å². The predicted octanol–water partition coefficient (Wildman–Crippen LogP) is 4.65. The Kier molecular flexibility index (Phi) is 6.75. The van der Waals surface area contributed by atoms with Gasteiger partial charge in [0, 0.05) is 18.0 Å². The van der Waals surface area contributed by atoms with E-state index in [1.165, 1.54) is 5.56 Å². The minimum Gasteiger partial charge on any atom is -0.492 e. The molecule has 0 aliphatic heterocycles. The number of hydrogen-bond donors (Lipinski definition) is 0. The molecule has 0 radical (unpaired) electrons. The smallest absolute Gasteiger partial charge is 0.122 e. The second-order valence-electron chi connectivity index (χ2n) is 5.29. The summed E-state index contributed by atoms with van der Waals surface area (Å²) in [7, 11) is 0. The summed E-state index contributed by atoms with van der Waals surface area (Å²) in [5.41, 5.74) is 2.40. The Labute approximate surface area is 138 Å². The van der Waals surface area contributed by atoms with Crippen LogP contribution in [0.5, 0.6) is 5.75 Å². The van der Waals surface area contributed by atoms with Gasteiger partial charge in [-0.3, -0.25) is 0 Å². The molecule has 2 aromatic carbocycles. The summed E-state index contributed by atoms with van der Waals surface area (Å²) in [4.78, 5) is 2.35. The summed E-state index contributed by atoms with van der Waals surface area (Å²) >= 11 is 6.15. The molecule has 0 spiro atoms. The van der Waals surface area contributed by atoms with Crippen molar-refractivity contribution in [2.45, 2.75) is 20.3 Å². The molecule has 2 aromatic rings. The van der Waals surface area contributed by atoms with Crippen molar-refractivity contribution in [3.63, 3.8) is 0 Å². The molecular formula is C19H24ClNO. The van der Waals surface area contributed by atoms with Crippen LogP contribution in [0.1, 0.15) is 25.0 Å². The van der Waals surface area contributed by atoms with Gasteiger partial charge in [0.1, 0.15) is 12.4 Å². The first-order valence-corrected chi connectivity index (χ1v) is 8.28. The summed E-state index contributed by atoms with van der Waals surface area (Å²) in [6.45, 7) is 8.10. The molecule has 0 N–H and O–H groups in total. The van der Waals surface area contributed by atoms with Crippen molar-refractivity contribution in [2.24, 2.45) is 0 Å². The third-order valence-corrected chi connectivity index (χ3v) is 4.05. The quantitative estimate of drug-likeness (QED) is 0.702. The SMILES string of the molecule is CCN(CC)CCOc1ccc(Cl)cc1Cc1ccccc1. The number of benzene rings is 2. The van der Waals surface area contributed by atoms with Crippen molar-refractivity contribution in [1.29, 1.82) is 0 Å². The first-order chi connectivity index (χ1) is 10.7. The van der Waals surface area contributed by atoms with Crippen molar-refractivity contribution < 1.29 is 4.74 Å². The molecule has 0 atom stereocenters. The highest BCUT2D eigenvalue weighted by molar-refractivity contribution is 6.30. The van der Waals surface area contributed by atoms with Gasteiger partial charge in [0.15, 0.2) is 0 Å². The van der Waals surface area contributed by atoms with Crippen molar-refractivity contribution in [3.05, 3.63) is 64.7 Å². The van der Waals surface area contributed by atoms with Crippen molar-refractivity contribution in [3.8, 4) is 5.75 Å². The van der Waals surface area contributed by atoms with Gasteiger partial charge in [-0.1, -0.05) is 55.8 Å². The van der Waals surface area contributed by atoms with Crippen LogP contribution in [0.25, 0.3) is 0 Å². The van der Waals surface area contributed by atoms with Gasteiger partial charge in [-0.25, -0.2) is 0 Å². The maximum Gasteiger partial charge on any atom is 0.122 e. The van der Waals surface area contributed by atoms with Gasteiger partial charge >= 0.3 is 0 Å². The normalized spacial score (nSPS) is 10.9. The van der Waals surface area contributed by atoms with Crippen LogP contribution in [-0.2, 0) is 6.42 Å². The van der Waals surface area contributed by atoms with E-state index in [-0.39, 0.29) is 0 Å². The summed E-state index contributed by atoms with van der Waals surface area (Å²) in [6, 6.07) is 16.3. The van der Waals surface area contributed by atoms with E-state index in [4.69, 9.17) is 16.3 Å². The monoisotopic (exact) mass is 317 g/mol.